The molecule has 3 aromatic rings. The molecule has 0 atom stereocenters. The first-order chi connectivity index (χ1) is 13.3. The fourth-order valence-electron chi connectivity index (χ4n) is 3.94. The Kier molecular flexibility index (Phi) is 4.51. The van der Waals surface area contributed by atoms with Crippen LogP contribution in [0.2, 0.25) is 5.02 Å². The number of nitrogens with zero attached hydrogens (tertiary/aromatic N) is 1. The first kappa shape index (κ1) is 18.7. The summed E-state index contributed by atoms with van der Waals surface area (Å²) >= 11 is 6.38. The molecule has 1 aliphatic rings. The molecule has 0 aliphatic carbocycles. The van der Waals surface area contributed by atoms with Crippen LogP contribution in [-0.2, 0) is 10.3 Å². The van der Waals surface area contributed by atoms with Crippen LogP contribution in [0.1, 0.15) is 31.9 Å². The number of halogens is 2. The van der Waals surface area contributed by atoms with Crippen LogP contribution in [0.3, 0.4) is 0 Å². The molecule has 1 heterocycles. The van der Waals surface area contributed by atoms with Crippen molar-refractivity contribution in [1.82, 2.24) is 4.90 Å². The summed E-state index contributed by atoms with van der Waals surface area (Å²) in [6.45, 7) is 6.39. The van der Waals surface area contributed by atoms with Crippen LogP contribution in [0.5, 0.6) is 0 Å². The highest BCUT2D eigenvalue weighted by Gasteiger charge is 2.40. The number of fused-ring (bicyclic) bond motifs is 1. The molecule has 0 aromatic heterocycles. The number of carbonyl (C=O) groups is 1. The molecule has 0 saturated heterocycles. The van der Waals surface area contributed by atoms with Gasteiger partial charge in [-0.05, 0) is 55.5 Å². The third-order valence-electron chi connectivity index (χ3n) is 5.63. The van der Waals surface area contributed by atoms with E-state index < -0.39 is 5.54 Å². The lowest BCUT2D eigenvalue weighted by Gasteiger charge is -2.37. The van der Waals surface area contributed by atoms with Gasteiger partial charge in [-0.25, -0.2) is 4.39 Å². The molecule has 142 valence electrons. The van der Waals surface area contributed by atoms with Gasteiger partial charge in [0, 0.05) is 22.5 Å². The van der Waals surface area contributed by atoms with E-state index >= 15 is 0 Å². The largest absolute Gasteiger partial charge is 0.325 e. The lowest BCUT2D eigenvalue weighted by Crippen LogP contribution is -2.43. The first-order valence-corrected chi connectivity index (χ1v) is 9.64. The Morgan fingerprint density at radius 1 is 1.04 bits per heavy atom. The maximum absolute atomic E-state index is 14.3. The Balaban J connectivity index is 1.74. The predicted molar refractivity (Wildman–Crippen MR) is 113 cm³/mol. The van der Waals surface area contributed by atoms with Crippen molar-refractivity contribution >= 4 is 33.9 Å². The van der Waals surface area contributed by atoms with Gasteiger partial charge in [-0.3, -0.25) is 4.79 Å². The summed E-state index contributed by atoms with van der Waals surface area (Å²) < 4.78 is 14.3. The van der Waals surface area contributed by atoms with Crippen LogP contribution >= 0.6 is 11.6 Å². The number of hydrogen-bond donors (Lipinski definition) is 0. The minimum absolute atomic E-state index is 0.146. The van der Waals surface area contributed by atoms with Gasteiger partial charge < -0.3 is 4.90 Å². The molecule has 0 fully saturated rings. The van der Waals surface area contributed by atoms with Gasteiger partial charge in [-0.15, -0.1) is 0 Å². The topological polar surface area (TPSA) is 20.3 Å². The SMILES string of the molecule is CC1=C(c2ccccc2F)C(=O)N(C(C)(C)c2ccc3cccc(Cl)c3c2)C1. The summed E-state index contributed by atoms with van der Waals surface area (Å²) in [6, 6.07) is 18.3. The summed E-state index contributed by atoms with van der Waals surface area (Å²) in [7, 11) is 0. The van der Waals surface area contributed by atoms with Crippen molar-refractivity contribution in [2.24, 2.45) is 0 Å². The molecule has 28 heavy (non-hydrogen) atoms. The quantitative estimate of drug-likeness (QED) is 0.520. The molecule has 1 amide bonds. The van der Waals surface area contributed by atoms with E-state index in [4.69, 9.17) is 11.6 Å². The van der Waals surface area contributed by atoms with Gasteiger partial charge in [0.15, 0.2) is 0 Å². The molecular weight excluding hydrogens is 373 g/mol. The van der Waals surface area contributed by atoms with Gasteiger partial charge in [-0.1, -0.05) is 54.1 Å². The van der Waals surface area contributed by atoms with Gasteiger partial charge >= 0.3 is 0 Å². The van der Waals surface area contributed by atoms with E-state index in [1.54, 1.807) is 18.2 Å². The predicted octanol–water partition coefficient (Wildman–Crippen LogP) is 6.18. The Labute approximate surface area is 169 Å². The monoisotopic (exact) mass is 393 g/mol. The zero-order valence-corrected chi connectivity index (χ0v) is 16.8. The highest BCUT2D eigenvalue weighted by atomic mass is 35.5. The van der Waals surface area contributed by atoms with Gasteiger partial charge in [0.25, 0.3) is 5.91 Å². The fourth-order valence-corrected chi connectivity index (χ4v) is 4.17. The number of carbonyl (C=O) groups excluding carboxylic acids is 1. The second-order valence-corrected chi connectivity index (χ2v) is 8.17. The van der Waals surface area contributed by atoms with E-state index in [1.165, 1.54) is 6.07 Å². The van der Waals surface area contributed by atoms with Crippen LogP contribution in [0.4, 0.5) is 4.39 Å². The molecule has 0 saturated carbocycles. The Bertz CT molecular complexity index is 1130. The summed E-state index contributed by atoms with van der Waals surface area (Å²) in [6.07, 6.45) is 0. The third kappa shape index (κ3) is 2.91. The molecule has 0 radical (unpaired) electrons. The van der Waals surface area contributed by atoms with Crippen molar-refractivity contribution in [3.05, 3.63) is 88.2 Å². The van der Waals surface area contributed by atoms with Crippen LogP contribution < -0.4 is 0 Å². The molecule has 3 aromatic carbocycles. The van der Waals surface area contributed by atoms with E-state index in [-0.39, 0.29) is 11.7 Å². The first-order valence-electron chi connectivity index (χ1n) is 9.26. The van der Waals surface area contributed by atoms with Gasteiger partial charge in [0.1, 0.15) is 5.82 Å². The van der Waals surface area contributed by atoms with E-state index in [2.05, 4.69) is 0 Å². The van der Waals surface area contributed by atoms with Crippen LogP contribution in [-0.4, -0.2) is 17.4 Å². The van der Waals surface area contributed by atoms with Gasteiger partial charge in [0.05, 0.1) is 11.1 Å². The van der Waals surface area contributed by atoms with Gasteiger partial charge in [-0.2, -0.15) is 0 Å². The maximum atomic E-state index is 14.3. The van der Waals surface area contributed by atoms with E-state index in [9.17, 15) is 9.18 Å². The van der Waals surface area contributed by atoms with Gasteiger partial charge in [0.2, 0.25) is 0 Å². The minimum atomic E-state index is -0.571. The highest BCUT2D eigenvalue weighted by Crippen LogP contribution is 2.39. The summed E-state index contributed by atoms with van der Waals surface area (Å²) in [5, 5.41) is 2.70. The minimum Gasteiger partial charge on any atom is -0.325 e. The highest BCUT2D eigenvalue weighted by molar-refractivity contribution is 6.35. The Morgan fingerprint density at radius 3 is 2.54 bits per heavy atom. The van der Waals surface area contributed by atoms with Crippen LogP contribution in [0.15, 0.2) is 66.2 Å². The molecule has 0 spiro atoms. The van der Waals surface area contributed by atoms with Crippen molar-refractivity contribution in [1.29, 1.82) is 0 Å². The number of benzene rings is 3. The Hall–Kier alpha value is -2.65. The van der Waals surface area contributed by atoms with Crippen molar-refractivity contribution in [2.45, 2.75) is 26.3 Å². The average Bonchev–Trinajstić information content (AvgIpc) is 2.97. The standard InChI is InChI=1S/C24H21ClFNO/c1-15-14-27(23(28)22(15)18-8-4-5-10-21(18)26)24(2,3)17-12-11-16-7-6-9-20(25)19(16)13-17/h4-13H,14H2,1-3H3. The van der Waals surface area contributed by atoms with E-state index in [0.29, 0.717) is 22.7 Å². The zero-order valence-electron chi connectivity index (χ0n) is 16.1. The molecule has 2 nitrogen and oxygen atoms in total. The van der Waals surface area contributed by atoms with Crippen molar-refractivity contribution in [2.75, 3.05) is 6.54 Å². The van der Waals surface area contributed by atoms with Crippen molar-refractivity contribution < 1.29 is 9.18 Å². The lowest BCUT2D eigenvalue weighted by atomic mass is 9.90. The molecule has 4 heteroatoms. The third-order valence-corrected chi connectivity index (χ3v) is 5.96. The second kappa shape index (κ2) is 6.75. The van der Waals surface area contributed by atoms with Crippen molar-refractivity contribution in [3.8, 4) is 0 Å². The summed E-state index contributed by atoms with van der Waals surface area (Å²) in [5.74, 6) is -0.519. The van der Waals surface area contributed by atoms with E-state index in [1.807, 2.05) is 62.1 Å². The number of rotatable bonds is 3. The lowest BCUT2D eigenvalue weighted by molar-refractivity contribution is -0.128. The molecule has 4 rings (SSSR count). The molecule has 1 aliphatic heterocycles. The zero-order chi connectivity index (χ0) is 20.1. The second-order valence-electron chi connectivity index (χ2n) is 7.76. The number of hydrogen-bond acceptors (Lipinski definition) is 1. The molecule has 0 unspecified atom stereocenters. The maximum Gasteiger partial charge on any atom is 0.255 e. The molecule has 0 N–H and O–H groups in total. The molecule has 0 bridgehead atoms. The summed E-state index contributed by atoms with van der Waals surface area (Å²) in [4.78, 5) is 15.1. The van der Waals surface area contributed by atoms with Crippen LogP contribution in [0, 0.1) is 5.82 Å². The normalized spacial score (nSPS) is 15.0. The van der Waals surface area contributed by atoms with Crippen LogP contribution in [0.25, 0.3) is 16.3 Å². The number of amides is 1. The molecular formula is C24H21ClFNO. The smallest absolute Gasteiger partial charge is 0.255 e. The van der Waals surface area contributed by atoms with Crippen molar-refractivity contribution in [3.63, 3.8) is 0 Å². The van der Waals surface area contributed by atoms with E-state index in [0.717, 1.165) is 21.9 Å². The Morgan fingerprint density at radius 2 is 1.79 bits per heavy atom. The fraction of sp³-hybridized carbons (Fsp3) is 0.208. The summed E-state index contributed by atoms with van der Waals surface area (Å²) in [5.41, 5.74) is 2.12. The average molecular weight is 394 g/mol.